The molecular formula is C13H14O3. The molecule has 1 unspecified atom stereocenters. The molecule has 1 aliphatic carbocycles. The van der Waals surface area contributed by atoms with Crippen LogP contribution in [0.3, 0.4) is 0 Å². The molecule has 0 heterocycles. The highest BCUT2D eigenvalue weighted by Gasteiger charge is 2.21. The van der Waals surface area contributed by atoms with Gasteiger partial charge in [-0.05, 0) is 36.0 Å². The topological polar surface area (TPSA) is 57.5 Å². The summed E-state index contributed by atoms with van der Waals surface area (Å²) >= 11 is 0. The summed E-state index contributed by atoms with van der Waals surface area (Å²) in [4.78, 5) is 11.2. The number of carboxylic acids is 1. The molecule has 0 fully saturated rings. The van der Waals surface area contributed by atoms with Crippen LogP contribution in [0.4, 0.5) is 0 Å². The monoisotopic (exact) mass is 219 g/mol. The molecule has 16 heavy (non-hydrogen) atoms. The molecule has 3 heteroatoms. The van der Waals surface area contributed by atoms with Crippen molar-refractivity contribution in [3.63, 3.8) is 0 Å². The third-order valence-corrected chi connectivity index (χ3v) is 2.87. The average Bonchev–Trinajstić information content (AvgIpc) is 2.90. The van der Waals surface area contributed by atoms with Crippen molar-refractivity contribution in [2.45, 2.75) is 25.4 Å². The number of carbonyl (C=O) groups is 1. The van der Waals surface area contributed by atoms with Crippen LogP contribution in [-0.4, -0.2) is 16.2 Å². The van der Waals surface area contributed by atoms with Crippen LogP contribution in [0.1, 0.15) is 36.5 Å². The zero-order chi connectivity index (χ0) is 12.3. The Morgan fingerprint density at radius 2 is 2.25 bits per heavy atom. The van der Waals surface area contributed by atoms with Crippen LogP contribution in [0, 0.1) is 0 Å². The molecule has 1 atom stereocenters. The lowest BCUT2D eigenvalue weighted by Gasteiger charge is -2.12. The second kappa shape index (κ2) is 4.49. The number of carboxylic acid groups (broad SMARTS) is 1. The zero-order valence-electron chi connectivity index (χ0n) is 9.85. The summed E-state index contributed by atoms with van der Waals surface area (Å²) in [6.07, 6.45) is 3.83. The average molecular weight is 219 g/mol. The van der Waals surface area contributed by atoms with Crippen LogP contribution < -0.4 is 0 Å². The SMILES string of the molecule is [2H]OC(=O)C(O)c1ccccc1C1=CCCC1. The van der Waals surface area contributed by atoms with Crippen LogP contribution in [-0.2, 0) is 4.79 Å². The summed E-state index contributed by atoms with van der Waals surface area (Å²) in [5.41, 5.74) is 2.54. The minimum absolute atomic E-state index is 0.512. The maximum absolute atomic E-state index is 11.2. The smallest absolute Gasteiger partial charge is 0.337 e. The molecule has 3 nitrogen and oxygen atoms in total. The first-order valence-electron chi connectivity index (χ1n) is 5.78. The van der Waals surface area contributed by atoms with Gasteiger partial charge in [0, 0.05) is 0 Å². The van der Waals surface area contributed by atoms with Crippen LogP contribution in [0.2, 0.25) is 0 Å². The molecule has 0 saturated carbocycles. The first-order valence-corrected chi connectivity index (χ1v) is 5.37. The van der Waals surface area contributed by atoms with Gasteiger partial charge in [0.15, 0.2) is 6.10 Å². The standard InChI is InChI=1S/C13H14O3/c14-12(13(15)16)11-8-4-3-7-10(11)9-5-1-2-6-9/h3-5,7-8,12,14H,1-2,6H2,(H,15,16)/i/hD. The fraction of sp³-hybridized carbons (Fsp3) is 0.308. The van der Waals surface area contributed by atoms with E-state index >= 15 is 0 Å². The Labute approximate surface area is 95.5 Å². The van der Waals surface area contributed by atoms with Crippen LogP contribution in [0.5, 0.6) is 0 Å². The number of aliphatic hydroxyl groups excluding tert-OH is 1. The third kappa shape index (κ3) is 1.99. The predicted octanol–water partition coefficient (Wildman–Crippen LogP) is 2.37. The van der Waals surface area contributed by atoms with Gasteiger partial charge in [-0.3, -0.25) is 0 Å². The molecule has 0 aliphatic heterocycles. The van der Waals surface area contributed by atoms with Gasteiger partial charge in [0.2, 0.25) is 0 Å². The first-order chi connectivity index (χ1) is 8.24. The van der Waals surface area contributed by atoms with Gasteiger partial charge in [0.1, 0.15) is 0 Å². The summed E-state index contributed by atoms with van der Waals surface area (Å²) < 4.78 is 6.54. The third-order valence-electron chi connectivity index (χ3n) is 2.87. The Kier molecular flexibility index (Phi) is 2.70. The molecule has 2 rings (SSSR count). The minimum atomic E-state index is -1.38. The summed E-state index contributed by atoms with van der Waals surface area (Å²) in [6, 6.07) is 7.20. The van der Waals surface area contributed by atoms with E-state index in [1.54, 1.807) is 12.1 Å². The molecule has 0 radical (unpaired) electrons. The highest BCUT2D eigenvalue weighted by molar-refractivity contribution is 5.79. The van der Waals surface area contributed by atoms with Gasteiger partial charge in [0.25, 0.3) is 1.43 Å². The van der Waals surface area contributed by atoms with E-state index in [0.717, 1.165) is 30.4 Å². The highest BCUT2D eigenvalue weighted by Crippen LogP contribution is 2.32. The quantitative estimate of drug-likeness (QED) is 0.820. The second-order valence-electron chi connectivity index (χ2n) is 3.93. The summed E-state index contributed by atoms with van der Waals surface area (Å²) in [5, 5.41) is 13.6. The molecule has 1 aliphatic rings. The van der Waals surface area contributed by atoms with Crippen molar-refractivity contribution in [1.29, 1.82) is 1.43 Å². The summed E-state index contributed by atoms with van der Waals surface area (Å²) in [7, 11) is 0. The van der Waals surface area contributed by atoms with Gasteiger partial charge < -0.3 is 10.2 Å². The van der Waals surface area contributed by atoms with Crippen molar-refractivity contribution >= 4 is 11.5 Å². The van der Waals surface area contributed by atoms with E-state index < -0.39 is 12.1 Å². The van der Waals surface area contributed by atoms with Gasteiger partial charge in [-0.2, -0.15) is 0 Å². The molecule has 84 valence electrons. The molecule has 1 aromatic rings. The lowest BCUT2D eigenvalue weighted by atomic mass is 9.96. The van der Waals surface area contributed by atoms with E-state index in [2.05, 4.69) is 11.2 Å². The van der Waals surface area contributed by atoms with E-state index in [1.807, 2.05) is 12.1 Å². The van der Waals surface area contributed by atoms with Crippen LogP contribution in [0.25, 0.3) is 7.00 Å². The Hall–Kier alpha value is -1.61. The molecular weight excluding hydrogens is 204 g/mol. The maximum atomic E-state index is 11.2. The van der Waals surface area contributed by atoms with Gasteiger partial charge >= 0.3 is 5.97 Å². The number of aliphatic carboxylic acids is 1. The predicted molar refractivity (Wildman–Crippen MR) is 60.9 cm³/mol. The number of benzene rings is 1. The fourth-order valence-electron chi connectivity index (χ4n) is 2.07. The largest absolute Gasteiger partial charge is 0.479 e. The van der Waals surface area contributed by atoms with E-state index in [-0.39, 0.29) is 0 Å². The van der Waals surface area contributed by atoms with Crippen LogP contribution >= 0.6 is 0 Å². The molecule has 0 spiro atoms. The van der Waals surface area contributed by atoms with Gasteiger partial charge in [-0.25, -0.2) is 4.79 Å². The highest BCUT2D eigenvalue weighted by atomic mass is 16.4. The van der Waals surface area contributed by atoms with E-state index in [9.17, 15) is 9.90 Å². The molecule has 0 aromatic heterocycles. The van der Waals surface area contributed by atoms with Crippen molar-refractivity contribution in [3.05, 3.63) is 41.5 Å². The van der Waals surface area contributed by atoms with Gasteiger partial charge in [-0.1, -0.05) is 30.3 Å². The van der Waals surface area contributed by atoms with Gasteiger partial charge in [-0.15, -0.1) is 0 Å². The Morgan fingerprint density at radius 3 is 2.94 bits per heavy atom. The van der Waals surface area contributed by atoms with E-state index in [1.165, 1.54) is 0 Å². The van der Waals surface area contributed by atoms with E-state index in [4.69, 9.17) is 1.43 Å². The van der Waals surface area contributed by atoms with Gasteiger partial charge in [0.05, 0.1) is 0 Å². The van der Waals surface area contributed by atoms with Crippen molar-refractivity contribution in [1.82, 2.24) is 0 Å². The molecule has 0 bridgehead atoms. The van der Waals surface area contributed by atoms with E-state index in [0.29, 0.717) is 5.56 Å². The molecule has 1 aromatic carbocycles. The lowest BCUT2D eigenvalue weighted by molar-refractivity contribution is -0.146. The van der Waals surface area contributed by atoms with Crippen molar-refractivity contribution in [3.8, 4) is 0 Å². The normalized spacial score (nSPS) is 17.6. The van der Waals surface area contributed by atoms with Crippen molar-refractivity contribution < 1.29 is 15.0 Å². The molecule has 0 amide bonds. The number of hydrogen-bond donors (Lipinski definition) is 2. The summed E-state index contributed by atoms with van der Waals surface area (Å²) in [5.74, 6) is -0.948. The Bertz CT molecular complexity index is 454. The minimum Gasteiger partial charge on any atom is -0.479 e. The Balaban J connectivity index is 2.36. The van der Waals surface area contributed by atoms with Crippen molar-refractivity contribution in [2.24, 2.45) is 0 Å². The Morgan fingerprint density at radius 1 is 1.44 bits per heavy atom. The number of hydrogen-bond acceptors (Lipinski definition) is 3. The van der Waals surface area contributed by atoms with Crippen LogP contribution in [0.15, 0.2) is 30.3 Å². The fourth-order valence-corrected chi connectivity index (χ4v) is 2.07. The number of aliphatic hydroxyl groups is 1. The molecule has 2 N–H and O–H groups in total. The lowest BCUT2D eigenvalue weighted by Crippen LogP contribution is -2.12. The maximum Gasteiger partial charge on any atom is 0.337 e. The molecule has 0 saturated heterocycles. The number of rotatable bonds is 3. The number of allylic oxidation sites excluding steroid dienone is 2. The van der Waals surface area contributed by atoms with Crippen molar-refractivity contribution in [2.75, 3.05) is 0 Å². The second-order valence-corrected chi connectivity index (χ2v) is 3.93. The zero-order valence-corrected chi connectivity index (χ0v) is 8.85. The summed E-state index contributed by atoms with van der Waals surface area (Å²) in [6.45, 7) is 0. The first kappa shape index (κ1) is 9.60.